The van der Waals surface area contributed by atoms with E-state index < -0.39 is 33.9 Å². The molecule has 28 heavy (non-hydrogen) atoms. The molecular weight excluding hydrogens is 386 g/mol. The van der Waals surface area contributed by atoms with Gasteiger partial charge in [-0.25, -0.2) is 13.2 Å². The number of carbonyl (C=O) groups excluding carboxylic acids is 3. The zero-order valence-electron chi connectivity index (χ0n) is 15.8. The van der Waals surface area contributed by atoms with E-state index in [0.717, 1.165) is 12.8 Å². The van der Waals surface area contributed by atoms with E-state index in [9.17, 15) is 22.8 Å². The van der Waals surface area contributed by atoms with Crippen LogP contribution in [-0.4, -0.2) is 49.7 Å². The van der Waals surface area contributed by atoms with E-state index >= 15 is 0 Å². The Morgan fingerprint density at radius 3 is 2.32 bits per heavy atom. The molecule has 0 saturated carbocycles. The second kappa shape index (κ2) is 9.02. The quantitative estimate of drug-likeness (QED) is 0.483. The lowest BCUT2D eigenvalue weighted by Gasteiger charge is -2.20. The second-order valence-corrected chi connectivity index (χ2v) is 8.75. The van der Waals surface area contributed by atoms with Gasteiger partial charge in [-0.15, -0.1) is 0 Å². The van der Waals surface area contributed by atoms with Crippen molar-refractivity contribution >= 4 is 27.9 Å². The summed E-state index contributed by atoms with van der Waals surface area (Å²) in [5.74, 6) is -1.60. The number of primary amides is 1. The Balaban J connectivity index is 2.06. The summed E-state index contributed by atoms with van der Waals surface area (Å²) in [4.78, 5) is 35.5. The van der Waals surface area contributed by atoms with Gasteiger partial charge < -0.3 is 11.1 Å². The maximum Gasteiger partial charge on any atom is 0.312 e. The molecule has 0 aliphatic carbocycles. The molecule has 1 aromatic carbocycles. The largest absolute Gasteiger partial charge is 0.352 e. The lowest BCUT2D eigenvalue weighted by atomic mass is 10.0. The number of sulfonamides is 1. The molecule has 10 nitrogen and oxygen atoms in total. The van der Waals surface area contributed by atoms with Crippen LogP contribution < -0.4 is 21.9 Å². The number of nitrogens with zero attached hydrogens (tertiary/aromatic N) is 1. The van der Waals surface area contributed by atoms with Crippen LogP contribution >= 0.6 is 0 Å². The lowest BCUT2D eigenvalue weighted by molar-refractivity contribution is -0.124. The Labute approximate surface area is 163 Å². The zero-order valence-corrected chi connectivity index (χ0v) is 16.6. The molecular formula is C17H25N5O5S. The van der Waals surface area contributed by atoms with E-state index in [1.165, 1.54) is 28.6 Å². The summed E-state index contributed by atoms with van der Waals surface area (Å²) >= 11 is 0. The topological polar surface area (TPSA) is 151 Å². The van der Waals surface area contributed by atoms with E-state index in [2.05, 4.69) is 16.2 Å². The van der Waals surface area contributed by atoms with Crippen molar-refractivity contribution in [1.82, 2.24) is 20.5 Å². The number of rotatable bonds is 6. The van der Waals surface area contributed by atoms with Gasteiger partial charge in [-0.1, -0.05) is 19.9 Å². The number of hydrazine groups is 1. The molecule has 1 heterocycles. The fourth-order valence-corrected chi connectivity index (χ4v) is 4.40. The molecule has 0 bridgehead atoms. The van der Waals surface area contributed by atoms with E-state index in [-0.39, 0.29) is 16.4 Å². The van der Waals surface area contributed by atoms with Gasteiger partial charge >= 0.3 is 6.03 Å². The Morgan fingerprint density at radius 1 is 1.11 bits per heavy atom. The molecule has 11 heteroatoms. The molecule has 0 spiro atoms. The van der Waals surface area contributed by atoms with Gasteiger partial charge in [0, 0.05) is 18.7 Å². The smallest absolute Gasteiger partial charge is 0.312 e. The van der Waals surface area contributed by atoms with Gasteiger partial charge in [-0.05, 0) is 37.0 Å². The van der Waals surface area contributed by atoms with Crippen molar-refractivity contribution in [2.45, 2.75) is 37.6 Å². The highest BCUT2D eigenvalue weighted by Gasteiger charge is 2.28. The highest BCUT2D eigenvalue weighted by Crippen LogP contribution is 2.21. The summed E-state index contributed by atoms with van der Waals surface area (Å²) in [7, 11) is -3.66. The minimum atomic E-state index is -3.66. The number of carbonyl (C=O) groups is 3. The lowest BCUT2D eigenvalue weighted by Crippen LogP contribution is -2.55. The number of amides is 4. The van der Waals surface area contributed by atoms with Gasteiger partial charge in [0.25, 0.3) is 11.8 Å². The normalized spacial score (nSPS) is 15.8. The van der Waals surface area contributed by atoms with Crippen LogP contribution in [0.2, 0.25) is 0 Å². The van der Waals surface area contributed by atoms with Crippen molar-refractivity contribution in [2.24, 2.45) is 11.7 Å². The average molecular weight is 411 g/mol. The highest BCUT2D eigenvalue weighted by atomic mass is 32.2. The molecule has 1 aliphatic heterocycles. The summed E-state index contributed by atoms with van der Waals surface area (Å²) in [5.41, 5.74) is 9.55. The van der Waals surface area contributed by atoms with E-state index in [4.69, 9.17) is 5.73 Å². The third kappa shape index (κ3) is 5.20. The van der Waals surface area contributed by atoms with Crippen LogP contribution in [-0.2, 0) is 14.8 Å². The number of benzene rings is 1. The molecule has 1 saturated heterocycles. The van der Waals surface area contributed by atoms with Gasteiger partial charge in [-0.2, -0.15) is 4.31 Å². The molecule has 0 aromatic heterocycles. The summed E-state index contributed by atoms with van der Waals surface area (Å²) in [6.45, 7) is 4.32. The maximum absolute atomic E-state index is 12.6. The Hall–Kier alpha value is -2.66. The summed E-state index contributed by atoms with van der Waals surface area (Å²) < 4.78 is 26.6. The molecule has 1 fully saturated rings. The molecule has 5 N–H and O–H groups in total. The van der Waals surface area contributed by atoms with Crippen molar-refractivity contribution < 1.29 is 22.8 Å². The van der Waals surface area contributed by atoms with E-state index in [1.807, 2.05) is 0 Å². The predicted molar refractivity (Wildman–Crippen MR) is 101 cm³/mol. The van der Waals surface area contributed by atoms with Crippen LogP contribution in [0, 0.1) is 5.92 Å². The van der Waals surface area contributed by atoms with Gasteiger partial charge in [0.1, 0.15) is 6.04 Å². The van der Waals surface area contributed by atoms with Crippen LogP contribution in [0.3, 0.4) is 0 Å². The number of nitrogens with two attached hydrogens (primary N) is 1. The third-order valence-electron chi connectivity index (χ3n) is 4.35. The zero-order chi connectivity index (χ0) is 20.9. The van der Waals surface area contributed by atoms with Crippen molar-refractivity contribution in [3.63, 3.8) is 0 Å². The summed E-state index contributed by atoms with van der Waals surface area (Å²) in [6, 6.07) is 3.79. The SMILES string of the molecule is CC(C)C(NC(N)=O)C(=O)NNC(=O)c1cccc(S(=O)(=O)N2CCCC2)c1. The van der Waals surface area contributed by atoms with Crippen LogP contribution in [0.1, 0.15) is 37.0 Å². The Bertz CT molecular complexity index is 849. The highest BCUT2D eigenvalue weighted by molar-refractivity contribution is 7.89. The Morgan fingerprint density at radius 2 is 1.75 bits per heavy atom. The number of nitrogens with one attached hydrogen (secondary N) is 3. The predicted octanol–water partition coefficient (Wildman–Crippen LogP) is -0.0750. The molecule has 1 atom stereocenters. The first kappa shape index (κ1) is 21.6. The molecule has 1 unspecified atom stereocenters. The monoisotopic (exact) mass is 411 g/mol. The first-order valence-corrected chi connectivity index (χ1v) is 10.3. The summed E-state index contributed by atoms with van der Waals surface area (Å²) in [5, 5.41) is 2.29. The first-order valence-electron chi connectivity index (χ1n) is 8.89. The fraction of sp³-hybridized carbons (Fsp3) is 0.471. The maximum atomic E-state index is 12.6. The van der Waals surface area contributed by atoms with Gasteiger partial charge in [0.15, 0.2) is 0 Å². The minimum Gasteiger partial charge on any atom is -0.352 e. The average Bonchev–Trinajstić information content (AvgIpc) is 3.19. The molecule has 1 aromatic rings. The molecule has 154 valence electrons. The second-order valence-electron chi connectivity index (χ2n) is 6.81. The minimum absolute atomic E-state index is 0.0174. The number of urea groups is 1. The molecule has 0 radical (unpaired) electrons. The number of hydrogen-bond donors (Lipinski definition) is 4. The molecule has 1 aliphatic rings. The van der Waals surface area contributed by atoms with E-state index in [0.29, 0.717) is 13.1 Å². The number of hydrogen-bond acceptors (Lipinski definition) is 5. The van der Waals surface area contributed by atoms with Gasteiger partial charge in [-0.3, -0.25) is 20.4 Å². The van der Waals surface area contributed by atoms with Crippen LogP contribution in [0.4, 0.5) is 4.79 Å². The third-order valence-corrected chi connectivity index (χ3v) is 6.24. The van der Waals surface area contributed by atoms with Crippen LogP contribution in [0.15, 0.2) is 29.2 Å². The van der Waals surface area contributed by atoms with Crippen molar-refractivity contribution in [1.29, 1.82) is 0 Å². The van der Waals surface area contributed by atoms with Crippen LogP contribution in [0.5, 0.6) is 0 Å². The van der Waals surface area contributed by atoms with Crippen molar-refractivity contribution in [3.05, 3.63) is 29.8 Å². The van der Waals surface area contributed by atoms with Crippen molar-refractivity contribution in [3.8, 4) is 0 Å². The van der Waals surface area contributed by atoms with Gasteiger partial charge in [0.2, 0.25) is 10.0 Å². The van der Waals surface area contributed by atoms with E-state index in [1.54, 1.807) is 13.8 Å². The molecule has 2 rings (SSSR count). The standard InChI is InChI=1S/C17H25N5O5S/c1-11(2)14(19-17(18)25)16(24)21-20-15(23)12-6-5-7-13(10-12)28(26,27)22-8-3-4-9-22/h5-7,10-11,14H,3-4,8-9H2,1-2H3,(H,20,23)(H,21,24)(H3,18,19,25). The van der Waals surface area contributed by atoms with Crippen molar-refractivity contribution in [2.75, 3.05) is 13.1 Å². The summed E-state index contributed by atoms with van der Waals surface area (Å²) in [6.07, 6.45) is 1.61. The fourth-order valence-electron chi connectivity index (χ4n) is 2.83. The molecule has 4 amide bonds. The van der Waals surface area contributed by atoms with Gasteiger partial charge in [0.05, 0.1) is 4.90 Å². The first-order chi connectivity index (χ1) is 13.1. The Kier molecular flexibility index (Phi) is 6.97. The van der Waals surface area contributed by atoms with Crippen LogP contribution in [0.25, 0.3) is 0 Å².